The van der Waals surface area contributed by atoms with Gasteiger partial charge in [-0.3, -0.25) is 9.69 Å². The Labute approximate surface area is 96.6 Å². The molecule has 0 radical (unpaired) electrons. The van der Waals surface area contributed by atoms with Crippen LogP contribution in [-0.4, -0.2) is 53.9 Å². The smallest absolute Gasteiger partial charge is 0.221 e. The Balaban J connectivity index is 2.56. The van der Waals surface area contributed by atoms with Crippen LogP contribution in [0.4, 0.5) is 0 Å². The van der Waals surface area contributed by atoms with Gasteiger partial charge in [0.05, 0.1) is 18.3 Å². The van der Waals surface area contributed by atoms with E-state index in [-0.39, 0.29) is 30.1 Å². The maximum absolute atomic E-state index is 11.0. The number of hydrogen-bond donors (Lipinski definition) is 2. The first-order valence-corrected chi connectivity index (χ1v) is 5.64. The van der Waals surface area contributed by atoms with Crippen LogP contribution in [0, 0.1) is 5.92 Å². The van der Waals surface area contributed by atoms with Gasteiger partial charge in [0, 0.05) is 25.6 Å². The Bertz CT molecular complexity index is 256. The molecule has 5 nitrogen and oxygen atoms in total. The molecule has 0 aromatic rings. The lowest BCUT2D eigenvalue weighted by Gasteiger charge is -2.42. The molecule has 1 amide bonds. The van der Waals surface area contributed by atoms with Crippen LogP contribution in [0.1, 0.15) is 20.8 Å². The highest BCUT2D eigenvalue weighted by Gasteiger charge is 2.33. The summed E-state index contributed by atoms with van der Waals surface area (Å²) in [5.74, 6) is -0.460. The van der Waals surface area contributed by atoms with Crippen LogP contribution in [-0.2, 0) is 9.53 Å². The van der Waals surface area contributed by atoms with Gasteiger partial charge in [-0.15, -0.1) is 0 Å². The molecule has 94 valence electrons. The van der Waals surface area contributed by atoms with Gasteiger partial charge in [0.25, 0.3) is 0 Å². The van der Waals surface area contributed by atoms with Gasteiger partial charge in [0.15, 0.2) is 0 Å². The second-order valence-electron chi connectivity index (χ2n) is 5.18. The van der Waals surface area contributed by atoms with Crippen LogP contribution in [0.5, 0.6) is 0 Å². The summed E-state index contributed by atoms with van der Waals surface area (Å²) in [6, 6.07) is 0. The largest absolute Gasteiger partial charge is 0.394 e. The van der Waals surface area contributed by atoms with Crippen LogP contribution in [0.25, 0.3) is 0 Å². The molecule has 3 N–H and O–H groups in total. The lowest BCUT2D eigenvalue weighted by Crippen LogP contribution is -2.55. The zero-order valence-electron chi connectivity index (χ0n) is 10.3. The Morgan fingerprint density at radius 1 is 1.69 bits per heavy atom. The lowest BCUT2D eigenvalue weighted by molar-refractivity contribution is -0.152. The summed E-state index contributed by atoms with van der Waals surface area (Å²) in [6.45, 7) is 7.81. The molecule has 16 heavy (non-hydrogen) atoms. The highest BCUT2D eigenvalue weighted by Crippen LogP contribution is 2.21. The minimum absolute atomic E-state index is 0.00484. The summed E-state index contributed by atoms with van der Waals surface area (Å²) in [4.78, 5) is 13.1. The minimum atomic E-state index is -0.289. The second-order valence-corrected chi connectivity index (χ2v) is 5.18. The Morgan fingerprint density at radius 3 is 2.81 bits per heavy atom. The fraction of sp³-hybridized carbons (Fsp3) is 0.909. The van der Waals surface area contributed by atoms with Gasteiger partial charge in [0.1, 0.15) is 0 Å². The summed E-state index contributed by atoms with van der Waals surface area (Å²) in [6.07, 6.45) is -0.177. The third-order valence-electron chi connectivity index (χ3n) is 2.77. The second kappa shape index (κ2) is 5.12. The summed E-state index contributed by atoms with van der Waals surface area (Å²) in [5.41, 5.74) is 4.95. The fourth-order valence-corrected chi connectivity index (χ4v) is 2.13. The average Bonchev–Trinajstić information content (AvgIpc) is 2.14. The van der Waals surface area contributed by atoms with Gasteiger partial charge in [0.2, 0.25) is 5.91 Å². The van der Waals surface area contributed by atoms with E-state index < -0.39 is 0 Å². The quantitative estimate of drug-likeness (QED) is 0.688. The van der Waals surface area contributed by atoms with Gasteiger partial charge in [-0.2, -0.15) is 0 Å². The number of carbonyl (C=O) groups is 1. The monoisotopic (exact) mass is 230 g/mol. The van der Waals surface area contributed by atoms with Crippen molar-refractivity contribution in [3.63, 3.8) is 0 Å². The van der Waals surface area contributed by atoms with Crippen LogP contribution in [0.3, 0.4) is 0 Å². The van der Waals surface area contributed by atoms with Crippen LogP contribution in [0.15, 0.2) is 0 Å². The third-order valence-corrected chi connectivity index (χ3v) is 2.77. The number of primary amides is 1. The van der Waals surface area contributed by atoms with Gasteiger partial charge in [-0.1, -0.05) is 6.92 Å². The molecule has 1 aliphatic rings. The van der Waals surface area contributed by atoms with Crippen molar-refractivity contribution in [1.29, 1.82) is 0 Å². The van der Waals surface area contributed by atoms with Crippen molar-refractivity contribution in [1.82, 2.24) is 4.90 Å². The number of ether oxygens (including phenoxy) is 1. The van der Waals surface area contributed by atoms with Gasteiger partial charge < -0.3 is 15.6 Å². The van der Waals surface area contributed by atoms with Crippen molar-refractivity contribution in [2.45, 2.75) is 32.5 Å². The molecule has 1 rings (SSSR count). The molecule has 0 bridgehead atoms. The first kappa shape index (κ1) is 13.4. The van der Waals surface area contributed by atoms with E-state index in [0.717, 1.165) is 6.54 Å². The molecular weight excluding hydrogens is 208 g/mol. The molecule has 5 heteroatoms. The average molecular weight is 230 g/mol. The normalized spacial score (nSPS) is 27.6. The predicted molar refractivity (Wildman–Crippen MR) is 60.8 cm³/mol. The van der Waals surface area contributed by atoms with E-state index in [0.29, 0.717) is 13.1 Å². The predicted octanol–water partition coefficient (Wildman–Crippen LogP) is -0.420. The van der Waals surface area contributed by atoms with Gasteiger partial charge in [-0.25, -0.2) is 0 Å². The Hall–Kier alpha value is -0.650. The summed E-state index contributed by atoms with van der Waals surface area (Å²) in [7, 11) is 0. The first-order chi connectivity index (χ1) is 7.34. The summed E-state index contributed by atoms with van der Waals surface area (Å²) >= 11 is 0. The van der Waals surface area contributed by atoms with Gasteiger partial charge in [-0.05, 0) is 13.8 Å². The van der Waals surface area contributed by atoms with Crippen molar-refractivity contribution in [2.75, 3.05) is 26.2 Å². The molecule has 1 heterocycles. The van der Waals surface area contributed by atoms with Crippen molar-refractivity contribution in [3.05, 3.63) is 0 Å². The van der Waals surface area contributed by atoms with E-state index in [1.54, 1.807) is 0 Å². The lowest BCUT2D eigenvalue weighted by atomic mass is 10.0. The standard InChI is InChI=1S/C11H22N2O3/c1-8(10(12)15)4-13-5-9(6-14)16-11(2,3)7-13/h8-9,14H,4-7H2,1-3H3,(H2,12,15). The number of nitrogens with two attached hydrogens (primary N) is 1. The third kappa shape index (κ3) is 3.73. The minimum Gasteiger partial charge on any atom is -0.394 e. The molecule has 0 aliphatic carbocycles. The molecule has 0 spiro atoms. The topological polar surface area (TPSA) is 75.8 Å². The number of hydrogen-bond acceptors (Lipinski definition) is 4. The SMILES string of the molecule is CC(CN1CC(CO)OC(C)(C)C1)C(N)=O. The fourth-order valence-electron chi connectivity index (χ4n) is 2.13. The van der Waals surface area contributed by atoms with Crippen LogP contribution >= 0.6 is 0 Å². The summed E-state index contributed by atoms with van der Waals surface area (Å²) < 4.78 is 5.69. The van der Waals surface area contributed by atoms with Crippen molar-refractivity contribution in [2.24, 2.45) is 11.7 Å². The molecule has 1 aliphatic heterocycles. The molecule has 0 aromatic heterocycles. The highest BCUT2D eigenvalue weighted by atomic mass is 16.5. The number of carbonyl (C=O) groups excluding carboxylic acids is 1. The van der Waals surface area contributed by atoms with E-state index in [9.17, 15) is 4.79 Å². The number of nitrogens with zero attached hydrogens (tertiary/aromatic N) is 1. The zero-order valence-corrected chi connectivity index (χ0v) is 10.3. The number of aliphatic hydroxyl groups excluding tert-OH is 1. The van der Waals surface area contributed by atoms with E-state index in [1.807, 2.05) is 20.8 Å². The molecule has 1 fully saturated rings. The first-order valence-electron chi connectivity index (χ1n) is 5.64. The Kier molecular flexibility index (Phi) is 4.29. The van der Waals surface area contributed by atoms with Crippen LogP contribution < -0.4 is 5.73 Å². The molecule has 2 unspecified atom stereocenters. The highest BCUT2D eigenvalue weighted by molar-refractivity contribution is 5.76. The zero-order chi connectivity index (χ0) is 12.3. The number of morpholine rings is 1. The molecule has 0 aromatic carbocycles. The van der Waals surface area contributed by atoms with E-state index in [1.165, 1.54) is 0 Å². The van der Waals surface area contributed by atoms with Crippen LogP contribution in [0.2, 0.25) is 0 Å². The number of rotatable bonds is 4. The maximum Gasteiger partial charge on any atom is 0.221 e. The van der Waals surface area contributed by atoms with E-state index >= 15 is 0 Å². The summed E-state index contributed by atoms with van der Waals surface area (Å²) in [5, 5.41) is 9.14. The van der Waals surface area contributed by atoms with E-state index in [2.05, 4.69) is 4.90 Å². The van der Waals surface area contributed by atoms with Gasteiger partial charge >= 0.3 is 0 Å². The van der Waals surface area contributed by atoms with Crippen molar-refractivity contribution < 1.29 is 14.6 Å². The van der Waals surface area contributed by atoms with Crippen molar-refractivity contribution in [3.8, 4) is 0 Å². The maximum atomic E-state index is 11.0. The molecule has 0 saturated carbocycles. The van der Waals surface area contributed by atoms with Crippen molar-refractivity contribution >= 4 is 5.91 Å². The Morgan fingerprint density at radius 2 is 2.31 bits per heavy atom. The van der Waals surface area contributed by atoms with E-state index in [4.69, 9.17) is 15.6 Å². The molecule has 1 saturated heterocycles. The molecule has 2 atom stereocenters. The number of aliphatic hydroxyl groups is 1. The number of amides is 1. The molecular formula is C11H22N2O3.